The van der Waals surface area contributed by atoms with Crippen LogP contribution in [0.25, 0.3) is 0 Å². The van der Waals surface area contributed by atoms with Crippen LogP contribution in [-0.2, 0) is 10.3 Å². The molecule has 1 atom stereocenters. The van der Waals surface area contributed by atoms with Crippen LogP contribution in [0.15, 0.2) is 0 Å². The Morgan fingerprint density at radius 1 is 1.36 bits per heavy atom. The Hall–Kier alpha value is -0.310. The summed E-state index contributed by atoms with van der Waals surface area (Å²) in [5.74, 6) is 0.258. The predicted molar refractivity (Wildman–Crippen MR) is 48.3 cm³/mol. The van der Waals surface area contributed by atoms with Crippen LogP contribution in [0.4, 0.5) is 0 Å². The van der Waals surface area contributed by atoms with Crippen LogP contribution >= 0.6 is 0 Å². The van der Waals surface area contributed by atoms with Crippen molar-refractivity contribution in [2.75, 3.05) is 0 Å². The fourth-order valence-electron chi connectivity index (χ4n) is 0.992. The smallest absolute Gasteiger partial charge is 0.185 e. The molecule has 2 nitrogen and oxygen atoms in total. The third-order valence-electron chi connectivity index (χ3n) is 1.76. The van der Waals surface area contributed by atoms with E-state index in [9.17, 15) is 8.42 Å². The van der Waals surface area contributed by atoms with Gasteiger partial charge < -0.3 is 0 Å². The average molecular weight is 176 g/mol. The lowest BCUT2D eigenvalue weighted by Crippen LogP contribution is -2.00. The van der Waals surface area contributed by atoms with E-state index >= 15 is 0 Å². The van der Waals surface area contributed by atoms with Crippen molar-refractivity contribution in [2.45, 2.75) is 39.5 Å². The monoisotopic (exact) mass is 176 g/mol. The van der Waals surface area contributed by atoms with E-state index < -0.39 is 10.3 Å². The lowest BCUT2D eigenvalue weighted by Gasteiger charge is -2.04. The van der Waals surface area contributed by atoms with E-state index in [1.807, 2.05) is 6.92 Å². The summed E-state index contributed by atoms with van der Waals surface area (Å²) in [5, 5.41) is 1.41. The first kappa shape index (κ1) is 10.7. The molecule has 0 saturated heterocycles. The van der Waals surface area contributed by atoms with Gasteiger partial charge in [0.1, 0.15) is 0 Å². The minimum absolute atomic E-state index is 0.258. The second-order valence-corrected chi connectivity index (χ2v) is 3.50. The number of hydrogen-bond acceptors (Lipinski definition) is 2. The summed E-state index contributed by atoms with van der Waals surface area (Å²) in [7, 11) is -1.97. The highest BCUT2D eigenvalue weighted by atomic mass is 32.2. The Morgan fingerprint density at radius 2 is 2.00 bits per heavy atom. The van der Waals surface area contributed by atoms with E-state index in [-0.39, 0.29) is 5.92 Å². The molecule has 11 heavy (non-hydrogen) atoms. The normalized spacial score (nSPS) is 12.5. The molecule has 0 aromatic heterocycles. The summed E-state index contributed by atoms with van der Waals surface area (Å²) in [6.45, 7) is 4.13. The Balaban J connectivity index is 3.86. The number of hydrogen-bond donors (Lipinski definition) is 0. The van der Waals surface area contributed by atoms with Gasteiger partial charge in [0.15, 0.2) is 0 Å². The highest BCUT2D eigenvalue weighted by molar-refractivity contribution is 7.71. The van der Waals surface area contributed by atoms with Crippen molar-refractivity contribution in [2.24, 2.45) is 5.92 Å². The van der Waals surface area contributed by atoms with Crippen molar-refractivity contribution in [1.82, 2.24) is 0 Å². The lowest BCUT2D eigenvalue weighted by atomic mass is 10.0. The minimum atomic E-state index is -1.97. The standard InChI is InChI=1S/C8H16O2S/c1-3-5-6-8(4-2)7-11(9)10/h7-8H,3-6H2,1-2H3. The van der Waals surface area contributed by atoms with Crippen LogP contribution < -0.4 is 0 Å². The SMILES string of the molecule is CCCCC(C=S(=O)=O)CC. The summed E-state index contributed by atoms with van der Waals surface area (Å²) < 4.78 is 20.6. The molecule has 3 heteroatoms. The second-order valence-electron chi connectivity index (χ2n) is 2.71. The molecule has 0 N–H and O–H groups in total. The van der Waals surface area contributed by atoms with Gasteiger partial charge in [-0.3, -0.25) is 0 Å². The van der Waals surface area contributed by atoms with Crippen LogP contribution in [-0.4, -0.2) is 13.8 Å². The maximum absolute atomic E-state index is 10.3. The van der Waals surface area contributed by atoms with Gasteiger partial charge in [0.2, 0.25) is 10.3 Å². The summed E-state index contributed by atoms with van der Waals surface area (Å²) in [6.07, 6.45) is 4.18. The Kier molecular flexibility index (Phi) is 6.22. The molecule has 1 unspecified atom stereocenters. The quantitative estimate of drug-likeness (QED) is 0.599. The predicted octanol–water partition coefficient (Wildman–Crippen LogP) is 1.88. The largest absolute Gasteiger partial charge is 0.210 e. The molecule has 0 aromatic carbocycles. The van der Waals surface area contributed by atoms with Crippen LogP contribution in [0.1, 0.15) is 39.5 Å². The van der Waals surface area contributed by atoms with Crippen molar-refractivity contribution >= 4 is 15.7 Å². The van der Waals surface area contributed by atoms with E-state index in [4.69, 9.17) is 0 Å². The molecule has 0 rings (SSSR count). The van der Waals surface area contributed by atoms with Crippen molar-refractivity contribution in [3.05, 3.63) is 0 Å². The van der Waals surface area contributed by atoms with Crippen molar-refractivity contribution in [1.29, 1.82) is 0 Å². The fraction of sp³-hybridized carbons (Fsp3) is 0.875. The summed E-state index contributed by atoms with van der Waals surface area (Å²) in [6, 6.07) is 0. The molecule has 66 valence electrons. The van der Waals surface area contributed by atoms with Gasteiger partial charge in [-0.05, 0) is 18.8 Å². The van der Waals surface area contributed by atoms with Crippen molar-refractivity contribution < 1.29 is 8.42 Å². The first-order valence-electron chi connectivity index (χ1n) is 4.13. The zero-order valence-electron chi connectivity index (χ0n) is 7.21. The summed E-state index contributed by atoms with van der Waals surface area (Å²) in [5.41, 5.74) is 0. The summed E-state index contributed by atoms with van der Waals surface area (Å²) in [4.78, 5) is 0. The van der Waals surface area contributed by atoms with Crippen LogP contribution in [0.2, 0.25) is 0 Å². The van der Waals surface area contributed by atoms with Gasteiger partial charge in [0, 0.05) is 5.37 Å². The molecule has 0 aliphatic carbocycles. The topological polar surface area (TPSA) is 34.1 Å². The molecule has 0 aliphatic heterocycles. The minimum Gasteiger partial charge on any atom is -0.185 e. The maximum Gasteiger partial charge on any atom is 0.210 e. The summed E-state index contributed by atoms with van der Waals surface area (Å²) >= 11 is 0. The lowest BCUT2D eigenvalue weighted by molar-refractivity contribution is 0.577. The Morgan fingerprint density at radius 3 is 2.36 bits per heavy atom. The van der Waals surface area contributed by atoms with Gasteiger partial charge in [-0.1, -0.05) is 26.7 Å². The molecule has 0 saturated carbocycles. The number of rotatable bonds is 5. The van der Waals surface area contributed by atoms with Gasteiger partial charge in [-0.25, -0.2) is 0 Å². The third kappa shape index (κ3) is 6.10. The fourth-order valence-corrected chi connectivity index (χ4v) is 1.63. The highest BCUT2D eigenvalue weighted by Gasteiger charge is 2.01. The first-order chi connectivity index (χ1) is 5.20. The zero-order valence-corrected chi connectivity index (χ0v) is 8.02. The van der Waals surface area contributed by atoms with E-state index in [2.05, 4.69) is 6.92 Å². The number of unbranched alkanes of at least 4 members (excludes halogenated alkanes) is 1. The van der Waals surface area contributed by atoms with Gasteiger partial charge in [0.25, 0.3) is 0 Å². The van der Waals surface area contributed by atoms with E-state index in [0.717, 1.165) is 25.7 Å². The molecule has 0 amide bonds. The Bertz CT molecular complexity index is 196. The van der Waals surface area contributed by atoms with Crippen molar-refractivity contribution in [3.63, 3.8) is 0 Å². The zero-order chi connectivity index (χ0) is 8.69. The highest BCUT2D eigenvalue weighted by Crippen LogP contribution is 2.08. The molecule has 0 heterocycles. The average Bonchev–Trinajstić information content (AvgIpc) is 1.97. The molecule has 0 fully saturated rings. The molecular weight excluding hydrogens is 160 g/mol. The van der Waals surface area contributed by atoms with Gasteiger partial charge in [-0.2, -0.15) is 8.42 Å². The van der Waals surface area contributed by atoms with Crippen LogP contribution in [0, 0.1) is 5.92 Å². The van der Waals surface area contributed by atoms with Gasteiger partial charge >= 0.3 is 0 Å². The maximum atomic E-state index is 10.3. The van der Waals surface area contributed by atoms with E-state index in [1.165, 1.54) is 5.37 Å². The third-order valence-corrected chi connectivity index (χ3v) is 2.36. The molecular formula is C8H16O2S. The van der Waals surface area contributed by atoms with E-state index in [1.54, 1.807) is 0 Å². The molecule has 0 aromatic rings. The molecule has 0 spiro atoms. The second kappa shape index (κ2) is 6.40. The Labute approximate surface area is 70.2 Å². The van der Waals surface area contributed by atoms with Crippen LogP contribution in [0.3, 0.4) is 0 Å². The van der Waals surface area contributed by atoms with Gasteiger partial charge in [-0.15, -0.1) is 0 Å². The van der Waals surface area contributed by atoms with E-state index in [0.29, 0.717) is 0 Å². The van der Waals surface area contributed by atoms with Gasteiger partial charge in [0.05, 0.1) is 0 Å². The van der Waals surface area contributed by atoms with Crippen LogP contribution in [0.5, 0.6) is 0 Å². The first-order valence-corrected chi connectivity index (χ1v) is 5.27. The molecule has 0 radical (unpaired) electrons. The van der Waals surface area contributed by atoms with Crippen molar-refractivity contribution in [3.8, 4) is 0 Å². The molecule has 0 aliphatic rings. The molecule has 0 bridgehead atoms.